The molecule has 3 rings (SSSR count). The van der Waals surface area contributed by atoms with Crippen molar-refractivity contribution in [2.75, 3.05) is 32.8 Å². The van der Waals surface area contributed by atoms with E-state index in [0.29, 0.717) is 37.7 Å². The van der Waals surface area contributed by atoms with Gasteiger partial charge >= 0.3 is 0 Å². The highest BCUT2D eigenvalue weighted by molar-refractivity contribution is 5.94. The van der Waals surface area contributed by atoms with Crippen molar-refractivity contribution in [3.05, 3.63) is 64.2 Å². The standard InChI is InChI=1S/C25H32N2O3/c1-17(2)21-8-10-22(11-9-21)25(29)27-14-12-26(13-15-27)23(28)16-30-24-19(4)7-6-18(3)20(24)5/h6-11,17H,12-16H2,1-5H3. The van der Waals surface area contributed by atoms with Gasteiger partial charge in [0.05, 0.1) is 0 Å². The van der Waals surface area contributed by atoms with E-state index in [1.165, 1.54) is 5.56 Å². The monoisotopic (exact) mass is 408 g/mol. The van der Waals surface area contributed by atoms with Crippen LogP contribution in [0.25, 0.3) is 0 Å². The molecule has 0 spiro atoms. The van der Waals surface area contributed by atoms with Gasteiger partial charge in [0.25, 0.3) is 11.8 Å². The minimum Gasteiger partial charge on any atom is -0.483 e. The van der Waals surface area contributed by atoms with Crippen LogP contribution in [0.15, 0.2) is 36.4 Å². The lowest BCUT2D eigenvalue weighted by molar-refractivity contribution is -0.134. The van der Waals surface area contributed by atoms with E-state index >= 15 is 0 Å². The van der Waals surface area contributed by atoms with Crippen molar-refractivity contribution < 1.29 is 14.3 Å². The Bertz CT molecular complexity index is 911. The molecular formula is C25H32N2O3. The van der Waals surface area contributed by atoms with Gasteiger partial charge in [0, 0.05) is 31.7 Å². The van der Waals surface area contributed by atoms with Gasteiger partial charge in [-0.05, 0) is 61.1 Å². The summed E-state index contributed by atoms with van der Waals surface area (Å²) in [6.07, 6.45) is 0. The molecule has 1 aliphatic rings. The minimum atomic E-state index is -0.0382. The summed E-state index contributed by atoms with van der Waals surface area (Å²) < 4.78 is 5.87. The topological polar surface area (TPSA) is 49.9 Å². The minimum absolute atomic E-state index is 0.0236. The lowest BCUT2D eigenvalue weighted by Crippen LogP contribution is -2.51. The number of aryl methyl sites for hydroxylation is 2. The fourth-order valence-corrected chi connectivity index (χ4v) is 3.72. The average molecular weight is 409 g/mol. The lowest BCUT2D eigenvalue weighted by Gasteiger charge is -2.34. The Morgan fingerprint density at radius 1 is 0.867 bits per heavy atom. The maximum atomic E-state index is 12.8. The van der Waals surface area contributed by atoms with Crippen LogP contribution in [0.1, 0.15) is 52.4 Å². The van der Waals surface area contributed by atoms with E-state index < -0.39 is 0 Å². The van der Waals surface area contributed by atoms with Crippen LogP contribution in [0.2, 0.25) is 0 Å². The normalized spacial score (nSPS) is 14.2. The summed E-state index contributed by atoms with van der Waals surface area (Å²) in [5, 5.41) is 0. The van der Waals surface area contributed by atoms with Crippen molar-refractivity contribution in [1.29, 1.82) is 0 Å². The van der Waals surface area contributed by atoms with Gasteiger partial charge in [0.15, 0.2) is 6.61 Å². The molecule has 0 bridgehead atoms. The molecule has 1 aliphatic heterocycles. The smallest absolute Gasteiger partial charge is 0.260 e. The summed E-state index contributed by atoms with van der Waals surface area (Å²) in [7, 11) is 0. The van der Waals surface area contributed by atoms with E-state index in [4.69, 9.17) is 4.74 Å². The van der Waals surface area contributed by atoms with Crippen LogP contribution in [0.5, 0.6) is 5.75 Å². The van der Waals surface area contributed by atoms with Crippen molar-refractivity contribution in [3.8, 4) is 5.75 Å². The summed E-state index contributed by atoms with van der Waals surface area (Å²) >= 11 is 0. The molecule has 1 fully saturated rings. The van der Waals surface area contributed by atoms with Crippen LogP contribution >= 0.6 is 0 Å². The number of piperazine rings is 1. The molecule has 1 heterocycles. The lowest BCUT2D eigenvalue weighted by atomic mass is 10.0. The predicted octanol–water partition coefficient (Wildman–Crippen LogP) is 4.10. The van der Waals surface area contributed by atoms with Gasteiger partial charge in [-0.25, -0.2) is 0 Å². The number of nitrogens with zero attached hydrogens (tertiary/aromatic N) is 2. The molecule has 0 unspecified atom stereocenters. The Hall–Kier alpha value is -2.82. The van der Waals surface area contributed by atoms with Crippen LogP contribution in [-0.2, 0) is 4.79 Å². The van der Waals surface area contributed by atoms with E-state index in [2.05, 4.69) is 19.9 Å². The number of carbonyl (C=O) groups excluding carboxylic acids is 2. The fourth-order valence-electron chi connectivity index (χ4n) is 3.72. The molecule has 0 aromatic heterocycles. The third-order valence-electron chi connectivity index (χ3n) is 5.96. The van der Waals surface area contributed by atoms with E-state index in [1.807, 2.05) is 56.0 Å². The van der Waals surface area contributed by atoms with Gasteiger partial charge in [-0.1, -0.05) is 38.1 Å². The highest BCUT2D eigenvalue weighted by Crippen LogP contribution is 2.25. The van der Waals surface area contributed by atoms with E-state index in [-0.39, 0.29) is 18.4 Å². The molecule has 2 aromatic rings. The first-order chi connectivity index (χ1) is 14.3. The molecule has 5 heteroatoms. The third kappa shape index (κ3) is 4.84. The average Bonchev–Trinajstić information content (AvgIpc) is 2.76. The van der Waals surface area contributed by atoms with Crippen molar-refractivity contribution in [1.82, 2.24) is 9.80 Å². The zero-order valence-corrected chi connectivity index (χ0v) is 18.7. The second-order valence-electron chi connectivity index (χ2n) is 8.39. The van der Waals surface area contributed by atoms with Gasteiger partial charge in [0.2, 0.25) is 0 Å². The van der Waals surface area contributed by atoms with E-state index in [0.717, 1.165) is 22.4 Å². The second-order valence-corrected chi connectivity index (χ2v) is 8.39. The number of amides is 2. The molecule has 2 amide bonds. The summed E-state index contributed by atoms with van der Waals surface area (Å²) in [5.41, 5.74) is 5.18. The SMILES string of the molecule is Cc1ccc(C)c(OCC(=O)N2CCN(C(=O)c3ccc(C(C)C)cc3)CC2)c1C. The van der Waals surface area contributed by atoms with Crippen LogP contribution in [-0.4, -0.2) is 54.4 Å². The second kappa shape index (κ2) is 9.33. The van der Waals surface area contributed by atoms with E-state index in [9.17, 15) is 9.59 Å². The zero-order valence-electron chi connectivity index (χ0n) is 18.7. The fraction of sp³-hybridized carbons (Fsp3) is 0.440. The third-order valence-corrected chi connectivity index (χ3v) is 5.96. The molecule has 0 radical (unpaired) electrons. The van der Waals surface area contributed by atoms with Gasteiger partial charge in [-0.2, -0.15) is 0 Å². The first kappa shape index (κ1) is 21.9. The molecule has 30 heavy (non-hydrogen) atoms. The highest BCUT2D eigenvalue weighted by Gasteiger charge is 2.25. The Balaban J connectivity index is 1.53. The largest absolute Gasteiger partial charge is 0.483 e. The molecule has 160 valence electrons. The maximum absolute atomic E-state index is 12.8. The number of rotatable bonds is 5. The Morgan fingerprint density at radius 2 is 1.43 bits per heavy atom. The molecule has 0 saturated carbocycles. The Kier molecular flexibility index (Phi) is 6.80. The number of benzene rings is 2. The Labute approximate surface area is 179 Å². The van der Waals surface area contributed by atoms with E-state index in [1.54, 1.807) is 4.90 Å². The van der Waals surface area contributed by atoms with Crippen LogP contribution in [0.4, 0.5) is 0 Å². The number of hydrogen-bond donors (Lipinski definition) is 0. The maximum Gasteiger partial charge on any atom is 0.260 e. The zero-order chi connectivity index (χ0) is 21.8. The summed E-state index contributed by atoms with van der Waals surface area (Å²) in [4.78, 5) is 29.0. The molecule has 1 saturated heterocycles. The summed E-state index contributed by atoms with van der Waals surface area (Å²) in [6.45, 7) is 12.5. The molecular weight excluding hydrogens is 376 g/mol. The first-order valence-electron chi connectivity index (χ1n) is 10.6. The molecule has 5 nitrogen and oxygen atoms in total. The number of hydrogen-bond acceptors (Lipinski definition) is 3. The number of ether oxygens (including phenoxy) is 1. The predicted molar refractivity (Wildman–Crippen MR) is 119 cm³/mol. The Morgan fingerprint density at radius 3 is 2.03 bits per heavy atom. The molecule has 2 aromatic carbocycles. The van der Waals surface area contributed by atoms with Crippen molar-refractivity contribution in [2.24, 2.45) is 0 Å². The van der Waals surface area contributed by atoms with Gasteiger partial charge in [-0.15, -0.1) is 0 Å². The summed E-state index contributed by atoms with van der Waals surface area (Å²) in [5.74, 6) is 1.23. The van der Waals surface area contributed by atoms with Crippen LogP contribution in [0.3, 0.4) is 0 Å². The highest BCUT2D eigenvalue weighted by atomic mass is 16.5. The van der Waals surface area contributed by atoms with Gasteiger partial charge in [0.1, 0.15) is 5.75 Å². The quantitative estimate of drug-likeness (QED) is 0.748. The molecule has 0 atom stereocenters. The van der Waals surface area contributed by atoms with Crippen molar-refractivity contribution in [2.45, 2.75) is 40.5 Å². The van der Waals surface area contributed by atoms with Crippen molar-refractivity contribution in [3.63, 3.8) is 0 Å². The van der Waals surface area contributed by atoms with Gasteiger partial charge in [-0.3, -0.25) is 9.59 Å². The van der Waals surface area contributed by atoms with Crippen molar-refractivity contribution >= 4 is 11.8 Å². The number of carbonyl (C=O) groups is 2. The van der Waals surface area contributed by atoms with Crippen LogP contribution in [0, 0.1) is 20.8 Å². The molecule has 0 N–H and O–H groups in total. The summed E-state index contributed by atoms with van der Waals surface area (Å²) in [6, 6.07) is 11.9. The van der Waals surface area contributed by atoms with Gasteiger partial charge < -0.3 is 14.5 Å². The van der Waals surface area contributed by atoms with Crippen LogP contribution < -0.4 is 4.74 Å². The first-order valence-corrected chi connectivity index (χ1v) is 10.6. The molecule has 0 aliphatic carbocycles.